The highest BCUT2D eigenvalue weighted by molar-refractivity contribution is 6.23. The molecule has 3 aliphatic carbocycles. The number of amides is 2. The predicted molar refractivity (Wildman–Crippen MR) is 121 cm³/mol. The Morgan fingerprint density at radius 3 is 1.74 bits per heavy atom. The molecule has 0 radical (unpaired) electrons. The Hall–Kier alpha value is -3.20. The van der Waals surface area contributed by atoms with Crippen molar-refractivity contribution in [3.05, 3.63) is 101 Å². The van der Waals surface area contributed by atoms with Gasteiger partial charge in [-0.1, -0.05) is 81.4 Å². The highest BCUT2D eigenvalue weighted by atomic mass is 16.2. The van der Waals surface area contributed by atoms with Crippen LogP contribution in [0.4, 0.5) is 5.69 Å². The molecule has 1 aliphatic heterocycles. The zero-order valence-electron chi connectivity index (χ0n) is 18.0. The highest BCUT2D eigenvalue weighted by Gasteiger charge is 2.61. The summed E-state index contributed by atoms with van der Waals surface area (Å²) < 4.78 is 0. The molecule has 0 aromatic heterocycles. The fraction of sp³-hybridized carbons (Fsp3) is 0.286. The van der Waals surface area contributed by atoms with Crippen LogP contribution in [0.1, 0.15) is 60.4 Å². The molecule has 3 heteroatoms. The first kappa shape index (κ1) is 18.6. The minimum Gasteiger partial charge on any atom is -0.274 e. The number of para-hydroxylation sites is 1. The molecule has 1 heterocycles. The Bertz CT molecular complexity index is 1240. The Labute approximate surface area is 182 Å². The highest BCUT2D eigenvalue weighted by Crippen LogP contribution is 2.61. The van der Waals surface area contributed by atoms with Crippen molar-refractivity contribution in [3.63, 3.8) is 0 Å². The molecule has 3 nitrogen and oxygen atoms in total. The van der Waals surface area contributed by atoms with Crippen molar-refractivity contribution < 1.29 is 9.59 Å². The summed E-state index contributed by atoms with van der Waals surface area (Å²) >= 11 is 0. The average Bonchev–Trinajstić information content (AvgIpc) is 3.04. The van der Waals surface area contributed by atoms with Crippen molar-refractivity contribution in [1.82, 2.24) is 0 Å². The van der Waals surface area contributed by atoms with Crippen LogP contribution >= 0.6 is 0 Å². The molecular formula is C28H25NO2. The van der Waals surface area contributed by atoms with Crippen molar-refractivity contribution in [2.45, 2.75) is 38.0 Å². The van der Waals surface area contributed by atoms with Gasteiger partial charge in [0.05, 0.1) is 17.5 Å². The van der Waals surface area contributed by atoms with Crippen molar-refractivity contribution in [2.24, 2.45) is 11.8 Å². The number of carbonyl (C=O) groups is 2. The molecule has 1 fully saturated rings. The third-order valence-electron chi connectivity index (χ3n) is 7.42. The number of benzene rings is 3. The molecule has 2 amide bonds. The van der Waals surface area contributed by atoms with Gasteiger partial charge in [0.1, 0.15) is 0 Å². The first-order valence-electron chi connectivity index (χ1n) is 11.0. The summed E-state index contributed by atoms with van der Waals surface area (Å²) in [6.07, 6.45) is 0. The van der Waals surface area contributed by atoms with E-state index in [0.717, 1.165) is 0 Å². The SMILES string of the molecule is CC(C)(C)c1ccc2c(c1)[C@@H]1c3ccccc3[C@@H]2[C@@H]2C(=O)N(c3ccccc3)C(=O)[C@H]12. The van der Waals surface area contributed by atoms with Gasteiger partial charge < -0.3 is 0 Å². The van der Waals surface area contributed by atoms with Crippen LogP contribution in [-0.2, 0) is 15.0 Å². The molecule has 31 heavy (non-hydrogen) atoms. The van der Waals surface area contributed by atoms with Gasteiger partial charge >= 0.3 is 0 Å². The van der Waals surface area contributed by atoms with E-state index in [0.29, 0.717) is 5.69 Å². The molecule has 0 saturated carbocycles. The first-order chi connectivity index (χ1) is 14.9. The Kier molecular flexibility index (Phi) is 3.69. The van der Waals surface area contributed by atoms with Gasteiger partial charge in [0.25, 0.3) is 0 Å². The lowest BCUT2D eigenvalue weighted by Crippen LogP contribution is -2.41. The monoisotopic (exact) mass is 407 g/mol. The molecule has 4 aliphatic rings. The lowest BCUT2D eigenvalue weighted by molar-refractivity contribution is -0.122. The van der Waals surface area contributed by atoms with E-state index in [4.69, 9.17) is 0 Å². The topological polar surface area (TPSA) is 37.4 Å². The lowest BCUT2D eigenvalue weighted by atomic mass is 9.54. The summed E-state index contributed by atoms with van der Waals surface area (Å²) in [6.45, 7) is 6.65. The number of carbonyl (C=O) groups excluding carboxylic acids is 2. The van der Waals surface area contributed by atoms with Crippen LogP contribution in [-0.4, -0.2) is 11.8 Å². The second-order valence-electron chi connectivity index (χ2n) is 10.1. The van der Waals surface area contributed by atoms with Gasteiger partial charge in [-0.3, -0.25) is 9.59 Å². The van der Waals surface area contributed by atoms with Crippen LogP contribution < -0.4 is 4.90 Å². The van der Waals surface area contributed by atoms with Gasteiger partial charge in [0, 0.05) is 11.8 Å². The largest absolute Gasteiger partial charge is 0.274 e. The molecule has 1 saturated heterocycles. The first-order valence-corrected chi connectivity index (χ1v) is 11.0. The Morgan fingerprint density at radius 1 is 0.645 bits per heavy atom. The Morgan fingerprint density at radius 2 is 1.16 bits per heavy atom. The normalized spacial score (nSPS) is 26.0. The summed E-state index contributed by atoms with van der Waals surface area (Å²) in [7, 11) is 0. The van der Waals surface area contributed by atoms with Gasteiger partial charge in [0.15, 0.2) is 0 Å². The third-order valence-corrected chi connectivity index (χ3v) is 7.42. The second kappa shape index (κ2) is 6.16. The van der Waals surface area contributed by atoms with Crippen molar-refractivity contribution in [3.8, 4) is 0 Å². The number of imide groups is 1. The number of nitrogens with zero attached hydrogens (tertiary/aromatic N) is 1. The molecule has 0 N–H and O–H groups in total. The Balaban J connectivity index is 1.58. The number of hydrogen-bond acceptors (Lipinski definition) is 2. The fourth-order valence-electron chi connectivity index (χ4n) is 6.03. The zero-order valence-corrected chi connectivity index (χ0v) is 18.0. The standard InChI is InChI=1S/C28H25NO2/c1-28(2,3)16-13-14-20-21(15-16)23-19-12-8-7-11-18(19)22(20)24-25(23)27(31)29(26(24)30)17-9-5-4-6-10-17/h4-15,22-25H,1-3H3/t22-,23-,24-,25+/m0/s1. The van der Waals surface area contributed by atoms with Crippen LogP contribution in [0, 0.1) is 11.8 Å². The van der Waals surface area contributed by atoms with E-state index in [1.165, 1.54) is 32.7 Å². The summed E-state index contributed by atoms with van der Waals surface area (Å²) in [5.74, 6) is -0.932. The third kappa shape index (κ3) is 2.40. The van der Waals surface area contributed by atoms with E-state index in [1.807, 2.05) is 36.4 Å². The molecule has 3 aromatic rings. The predicted octanol–water partition coefficient (Wildman–Crippen LogP) is 5.38. The number of anilines is 1. The molecule has 154 valence electrons. The van der Waals surface area contributed by atoms with E-state index < -0.39 is 0 Å². The minimum atomic E-state index is -0.338. The van der Waals surface area contributed by atoms with Gasteiger partial charge in [-0.2, -0.15) is 0 Å². The van der Waals surface area contributed by atoms with Gasteiger partial charge in [-0.05, 0) is 45.4 Å². The molecule has 3 aromatic carbocycles. The maximum absolute atomic E-state index is 13.7. The van der Waals surface area contributed by atoms with Crippen molar-refractivity contribution in [2.75, 3.05) is 4.90 Å². The van der Waals surface area contributed by atoms with Crippen LogP contribution in [0.2, 0.25) is 0 Å². The van der Waals surface area contributed by atoms with E-state index >= 15 is 0 Å². The van der Waals surface area contributed by atoms with Gasteiger partial charge in [0.2, 0.25) is 11.8 Å². The zero-order chi connectivity index (χ0) is 21.5. The summed E-state index contributed by atoms with van der Waals surface area (Å²) in [4.78, 5) is 28.9. The second-order valence-corrected chi connectivity index (χ2v) is 10.1. The van der Waals surface area contributed by atoms with Crippen LogP contribution in [0.15, 0.2) is 72.8 Å². The quantitative estimate of drug-likeness (QED) is 0.508. The summed E-state index contributed by atoms with van der Waals surface area (Å²) in [5.41, 5.74) is 6.84. The molecule has 7 rings (SSSR count). The van der Waals surface area contributed by atoms with E-state index in [9.17, 15) is 9.59 Å². The summed E-state index contributed by atoms with van der Waals surface area (Å²) in [6, 6.07) is 24.5. The minimum absolute atomic E-state index is 0.0240. The molecule has 0 spiro atoms. The van der Waals surface area contributed by atoms with E-state index in [-0.39, 0.29) is 40.9 Å². The molecule has 2 bridgehead atoms. The van der Waals surface area contributed by atoms with Gasteiger partial charge in [-0.25, -0.2) is 4.90 Å². The van der Waals surface area contributed by atoms with Crippen LogP contribution in [0.5, 0.6) is 0 Å². The van der Waals surface area contributed by atoms with E-state index in [2.05, 4.69) is 57.2 Å². The lowest BCUT2D eigenvalue weighted by Gasteiger charge is -2.46. The fourth-order valence-corrected chi connectivity index (χ4v) is 6.03. The van der Waals surface area contributed by atoms with Crippen molar-refractivity contribution in [1.29, 1.82) is 0 Å². The maximum Gasteiger partial charge on any atom is 0.238 e. The average molecular weight is 408 g/mol. The van der Waals surface area contributed by atoms with E-state index in [1.54, 1.807) is 0 Å². The van der Waals surface area contributed by atoms with Crippen molar-refractivity contribution >= 4 is 17.5 Å². The smallest absolute Gasteiger partial charge is 0.238 e. The number of hydrogen-bond donors (Lipinski definition) is 0. The molecular weight excluding hydrogens is 382 g/mol. The maximum atomic E-state index is 13.7. The number of rotatable bonds is 1. The van der Waals surface area contributed by atoms with Gasteiger partial charge in [-0.15, -0.1) is 0 Å². The molecule has 4 atom stereocenters. The molecule has 0 unspecified atom stereocenters. The van der Waals surface area contributed by atoms with Crippen LogP contribution in [0.3, 0.4) is 0 Å². The van der Waals surface area contributed by atoms with Crippen LogP contribution in [0.25, 0.3) is 0 Å². The summed E-state index contributed by atoms with van der Waals surface area (Å²) in [5, 5.41) is 0.